The van der Waals surface area contributed by atoms with E-state index in [1.165, 1.54) is 6.20 Å². The monoisotopic (exact) mass is 260 g/mol. The van der Waals surface area contributed by atoms with E-state index in [4.69, 9.17) is 0 Å². The van der Waals surface area contributed by atoms with Gasteiger partial charge in [-0.2, -0.15) is 5.10 Å². The van der Waals surface area contributed by atoms with Gasteiger partial charge in [0.15, 0.2) is 5.65 Å². The summed E-state index contributed by atoms with van der Waals surface area (Å²) >= 11 is 0. The number of aromatic carboxylic acids is 1. The van der Waals surface area contributed by atoms with E-state index in [-0.39, 0.29) is 11.6 Å². The molecule has 0 aliphatic heterocycles. The van der Waals surface area contributed by atoms with Gasteiger partial charge < -0.3 is 10.4 Å². The largest absolute Gasteiger partial charge is 0.478 e. The summed E-state index contributed by atoms with van der Waals surface area (Å²) in [5.74, 6) is -1.02. The van der Waals surface area contributed by atoms with E-state index in [9.17, 15) is 9.90 Å². The lowest BCUT2D eigenvalue weighted by Crippen LogP contribution is -2.15. The van der Waals surface area contributed by atoms with E-state index < -0.39 is 5.97 Å². The van der Waals surface area contributed by atoms with Gasteiger partial charge in [0.05, 0.1) is 16.8 Å². The molecule has 19 heavy (non-hydrogen) atoms. The zero-order valence-corrected chi connectivity index (χ0v) is 11.1. The van der Waals surface area contributed by atoms with Crippen molar-refractivity contribution < 1.29 is 9.90 Å². The Labute approximate surface area is 110 Å². The average Bonchev–Trinajstić information content (AvgIpc) is 2.65. The molecule has 0 aromatic carbocycles. The third-order valence-corrected chi connectivity index (χ3v) is 2.98. The maximum atomic E-state index is 11.3. The number of carboxylic acids is 1. The van der Waals surface area contributed by atoms with Gasteiger partial charge in [0.25, 0.3) is 0 Å². The summed E-state index contributed by atoms with van der Waals surface area (Å²) in [7, 11) is 1.78. The van der Waals surface area contributed by atoms with Crippen LogP contribution >= 0.6 is 0 Å². The van der Waals surface area contributed by atoms with Crippen molar-refractivity contribution in [2.45, 2.75) is 19.9 Å². The van der Waals surface area contributed by atoms with E-state index in [0.717, 1.165) is 11.1 Å². The normalized spacial score (nSPS) is 12.4. The molecule has 6 nitrogen and oxygen atoms in total. The van der Waals surface area contributed by atoms with Crippen molar-refractivity contribution in [3.8, 4) is 0 Å². The second-order valence-corrected chi connectivity index (χ2v) is 4.43. The highest BCUT2D eigenvalue weighted by Crippen LogP contribution is 2.29. The number of pyridine rings is 1. The summed E-state index contributed by atoms with van der Waals surface area (Å²) in [5.41, 5.74) is 2.07. The van der Waals surface area contributed by atoms with Gasteiger partial charge in [-0.15, -0.1) is 6.58 Å². The summed E-state index contributed by atoms with van der Waals surface area (Å²) in [6.45, 7) is 7.42. The van der Waals surface area contributed by atoms with E-state index in [0.29, 0.717) is 11.3 Å². The molecule has 0 aliphatic rings. The molecule has 0 radical (unpaired) electrons. The second kappa shape index (κ2) is 4.72. The summed E-state index contributed by atoms with van der Waals surface area (Å²) in [6.07, 6.45) is 3.06. The minimum Gasteiger partial charge on any atom is -0.478 e. The number of aryl methyl sites for hydroxylation is 2. The van der Waals surface area contributed by atoms with Crippen molar-refractivity contribution in [1.29, 1.82) is 0 Å². The van der Waals surface area contributed by atoms with Gasteiger partial charge in [0.1, 0.15) is 5.56 Å². The van der Waals surface area contributed by atoms with Gasteiger partial charge >= 0.3 is 5.97 Å². The van der Waals surface area contributed by atoms with Crippen LogP contribution in [0.1, 0.15) is 23.0 Å². The molecule has 2 aromatic heterocycles. The molecule has 100 valence electrons. The topological polar surface area (TPSA) is 80.0 Å². The molecule has 0 spiro atoms. The number of nitrogens with one attached hydrogen (secondary N) is 1. The first-order chi connectivity index (χ1) is 8.95. The standard InChI is InChI=1S/C13H16N4O2/c1-5-7(2)15-11-9(13(18)19)6-14-12-10(11)8(3)16-17(12)4/h5-7H,1H2,2-4H3,(H,14,15)(H,18,19). The molecular weight excluding hydrogens is 244 g/mol. The summed E-state index contributed by atoms with van der Waals surface area (Å²) in [6, 6.07) is -0.0525. The fraction of sp³-hybridized carbons (Fsp3) is 0.308. The fourth-order valence-electron chi connectivity index (χ4n) is 2.01. The van der Waals surface area contributed by atoms with Crippen LogP contribution < -0.4 is 5.32 Å². The first kappa shape index (κ1) is 13.1. The fourth-order valence-corrected chi connectivity index (χ4v) is 2.01. The quantitative estimate of drug-likeness (QED) is 0.821. The predicted octanol–water partition coefficient (Wildman–Crippen LogP) is 1.96. The number of carboxylic acid groups (broad SMARTS) is 1. The maximum absolute atomic E-state index is 11.3. The molecule has 6 heteroatoms. The van der Waals surface area contributed by atoms with E-state index >= 15 is 0 Å². The first-order valence-electron chi connectivity index (χ1n) is 5.90. The van der Waals surface area contributed by atoms with Gasteiger partial charge in [-0.05, 0) is 13.8 Å². The van der Waals surface area contributed by atoms with Crippen LogP contribution in [0, 0.1) is 6.92 Å². The van der Waals surface area contributed by atoms with Crippen LogP contribution in [-0.2, 0) is 7.05 Å². The van der Waals surface area contributed by atoms with Gasteiger partial charge in [0.2, 0.25) is 0 Å². The maximum Gasteiger partial charge on any atom is 0.339 e. The summed E-state index contributed by atoms with van der Waals surface area (Å²) in [5, 5.41) is 17.4. The predicted molar refractivity (Wildman–Crippen MR) is 73.5 cm³/mol. The molecule has 2 heterocycles. The highest BCUT2D eigenvalue weighted by Gasteiger charge is 2.19. The average molecular weight is 260 g/mol. The molecule has 1 unspecified atom stereocenters. The molecule has 0 saturated carbocycles. The molecule has 0 amide bonds. The Morgan fingerprint density at radius 3 is 2.89 bits per heavy atom. The van der Waals surface area contributed by atoms with Gasteiger partial charge in [-0.1, -0.05) is 6.08 Å². The van der Waals surface area contributed by atoms with E-state index in [1.807, 2.05) is 13.8 Å². The number of hydrogen-bond donors (Lipinski definition) is 2. The smallest absolute Gasteiger partial charge is 0.339 e. The Morgan fingerprint density at radius 2 is 2.32 bits per heavy atom. The van der Waals surface area contributed by atoms with Gasteiger partial charge in [0, 0.05) is 19.3 Å². The number of carbonyl (C=O) groups is 1. The summed E-state index contributed by atoms with van der Waals surface area (Å²) < 4.78 is 1.64. The second-order valence-electron chi connectivity index (χ2n) is 4.43. The summed E-state index contributed by atoms with van der Waals surface area (Å²) in [4.78, 5) is 15.5. The Morgan fingerprint density at radius 1 is 1.63 bits per heavy atom. The number of hydrogen-bond acceptors (Lipinski definition) is 4. The lowest BCUT2D eigenvalue weighted by molar-refractivity contribution is 0.0697. The van der Waals surface area contributed by atoms with E-state index in [1.54, 1.807) is 17.8 Å². The van der Waals surface area contributed by atoms with Crippen molar-refractivity contribution >= 4 is 22.7 Å². The van der Waals surface area contributed by atoms with Crippen molar-refractivity contribution in [1.82, 2.24) is 14.8 Å². The number of fused-ring (bicyclic) bond motifs is 1. The molecule has 1 atom stereocenters. The van der Waals surface area contributed by atoms with Crippen LogP contribution in [0.25, 0.3) is 11.0 Å². The lowest BCUT2D eigenvalue weighted by Gasteiger charge is -2.14. The number of nitrogens with zero attached hydrogens (tertiary/aromatic N) is 3. The number of aromatic nitrogens is 3. The first-order valence-corrected chi connectivity index (χ1v) is 5.90. The minimum atomic E-state index is -1.02. The molecule has 2 aromatic rings. The van der Waals surface area contributed by atoms with Crippen LogP contribution in [0.2, 0.25) is 0 Å². The molecule has 0 aliphatic carbocycles. The Kier molecular flexibility index (Phi) is 3.25. The highest BCUT2D eigenvalue weighted by atomic mass is 16.4. The molecular formula is C13H16N4O2. The lowest BCUT2D eigenvalue weighted by atomic mass is 10.1. The van der Waals surface area contributed by atoms with Crippen LogP contribution in [0.5, 0.6) is 0 Å². The number of anilines is 1. The Hall–Kier alpha value is -2.37. The Bertz CT molecular complexity index is 660. The van der Waals surface area contributed by atoms with Crippen LogP contribution in [0.3, 0.4) is 0 Å². The number of rotatable bonds is 4. The van der Waals surface area contributed by atoms with Crippen LogP contribution in [0.4, 0.5) is 5.69 Å². The molecule has 2 rings (SSSR count). The van der Waals surface area contributed by atoms with Crippen LogP contribution in [0.15, 0.2) is 18.9 Å². The van der Waals surface area contributed by atoms with Crippen molar-refractivity contribution in [3.05, 3.63) is 30.1 Å². The highest BCUT2D eigenvalue weighted by molar-refractivity contribution is 6.04. The molecule has 0 fully saturated rings. The van der Waals surface area contributed by atoms with Crippen molar-refractivity contribution in [2.24, 2.45) is 7.05 Å². The Balaban J connectivity index is 2.75. The molecule has 2 N–H and O–H groups in total. The molecule has 0 bridgehead atoms. The minimum absolute atomic E-state index is 0.0525. The van der Waals surface area contributed by atoms with Crippen molar-refractivity contribution in [2.75, 3.05) is 5.32 Å². The van der Waals surface area contributed by atoms with Gasteiger partial charge in [-0.3, -0.25) is 4.68 Å². The van der Waals surface area contributed by atoms with Crippen molar-refractivity contribution in [3.63, 3.8) is 0 Å². The molecule has 0 saturated heterocycles. The van der Waals surface area contributed by atoms with Gasteiger partial charge in [-0.25, -0.2) is 9.78 Å². The van der Waals surface area contributed by atoms with E-state index in [2.05, 4.69) is 22.0 Å². The zero-order chi connectivity index (χ0) is 14.2. The third-order valence-electron chi connectivity index (χ3n) is 2.98. The third kappa shape index (κ3) is 2.16. The van der Waals surface area contributed by atoms with Crippen LogP contribution in [-0.4, -0.2) is 31.9 Å². The zero-order valence-electron chi connectivity index (χ0n) is 11.1. The SMILES string of the molecule is C=CC(C)Nc1c(C(=O)O)cnc2c1c(C)nn2C.